The molecule has 1 unspecified atom stereocenters. The van der Waals surface area contributed by atoms with Crippen molar-refractivity contribution in [3.63, 3.8) is 0 Å². The topological polar surface area (TPSA) is 92.5 Å². The molecule has 8 heteroatoms. The van der Waals surface area contributed by atoms with Gasteiger partial charge < -0.3 is 9.32 Å². The normalized spacial score (nSPS) is 18.7. The second kappa shape index (κ2) is 7.96. The van der Waals surface area contributed by atoms with Gasteiger partial charge in [0.2, 0.25) is 15.9 Å². The summed E-state index contributed by atoms with van der Waals surface area (Å²) in [5.74, 6) is 0.379. The van der Waals surface area contributed by atoms with Gasteiger partial charge in [-0.05, 0) is 44.0 Å². The van der Waals surface area contributed by atoms with Gasteiger partial charge in [0.05, 0.1) is 16.9 Å². The van der Waals surface area contributed by atoms with Crippen molar-refractivity contribution in [3.8, 4) is 0 Å². The molecule has 1 N–H and O–H groups in total. The van der Waals surface area contributed by atoms with Crippen LogP contribution in [0.3, 0.4) is 0 Å². The molecule has 0 aliphatic carbocycles. The minimum absolute atomic E-state index is 0.00182. The number of hydrogen-bond acceptors (Lipinski definition) is 5. The Balaban J connectivity index is 1.45. The highest BCUT2D eigenvalue weighted by atomic mass is 32.2. The molecule has 1 aliphatic rings. The van der Waals surface area contributed by atoms with Crippen LogP contribution in [-0.2, 0) is 14.8 Å². The summed E-state index contributed by atoms with van der Waals surface area (Å²) in [5, 5.41) is 0. The van der Waals surface area contributed by atoms with Gasteiger partial charge in [-0.1, -0.05) is 30.3 Å². The lowest BCUT2D eigenvalue weighted by Gasteiger charge is -2.33. The smallest absolute Gasteiger partial charge is 0.241 e. The summed E-state index contributed by atoms with van der Waals surface area (Å²) < 4.78 is 33.4. The van der Waals surface area contributed by atoms with Crippen molar-refractivity contribution in [3.05, 3.63) is 60.5 Å². The standard InChI is InChI=1S/C21H23N3O4S/c1-15(23-29(26,27)17-9-3-2-4-10-17)21(25)24-13-7-8-16(14-24)20-22-18-11-5-6-12-19(18)28-20/h2-6,9-12,15-16,23H,7-8,13-14H2,1H3/t15-,16?/m1/s1. The zero-order valence-electron chi connectivity index (χ0n) is 16.1. The Bertz CT molecular complexity index is 1080. The van der Waals surface area contributed by atoms with Gasteiger partial charge in [0.25, 0.3) is 0 Å². The zero-order valence-corrected chi connectivity index (χ0v) is 16.9. The SMILES string of the molecule is C[C@@H](NS(=O)(=O)c1ccccc1)C(=O)N1CCCC(c2nc3ccccc3o2)C1. The number of hydrogen-bond donors (Lipinski definition) is 1. The number of sulfonamides is 1. The minimum Gasteiger partial charge on any atom is -0.440 e. The molecule has 1 aromatic heterocycles. The number of carbonyl (C=O) groups is 1. The molecule has 152 valence electrons. The Morgan fingerprint density at radius 2 is 1.90 bits per heavy atom. The number of para-hydroxylation sites is 2. The largest absolute Gasteiger partial charge is 0.440 e. The van der Waals surface area contributed by atoms with Gasteiger partial charge in [0.1, 0.15) is 5.52 Å². The first kappa shape index (κ1) is 19.6. The van der Waals surface area contributed by atoms with Crippen LogP contribution in [-0.4, -0.2) is 43.3 Å². The lowest BCUT2D eigenvalue weighted by molar-refractivity contribution is -0.133. The highest BCUT2D eigenvalue weighted by Gasteiger charge is 2.31. The number of benzene rings is 2. The van der Waals surface area contributed by atoms with Crippen molar-refractivity contribution >= 4 is 27.0 Å². The van der Waals surface area contributed by atoms with Crippen LogP contribution in [0.15, 0.2) is 63.9 Å². The number of piperidine rings is 1. The Morgan fingerprint density at radius 1 is 1.17 bits per heavy atom. The molecule has 0 saturated carbocycles. The van der Waals surface area contributed by atoms with Crippen molar-refractivity contribution in [2.24, 2.45) is 0 Å². The molecule has 0 radical (unpaired) electrons. The fourth-order valence-corrected chi connectivity index (χ4v) is 4.89. The van der Waals surface area contributed by atoms with Crippen LogP contribution in [0.5, 0.6) is 0 Å². The lowest BCUT2D eigenvalue weighted by atomic mass is 9.97. The summed E-state index contributed by atoms with van der Waals surface area (Å²) in [4.78, 5) is 19.3. The molecular weight excluding hydrogens is 390 g/mol. The summed E-state index contributed by atoms with van der Waals surface area (Å²) in [6.45, 7) is 2.63. The highest BCUT2D eigenvalue weighted by molar-refractivity contribution is 7.89. The predicted molar refractivity (Wildman–Crippen MR) is 109 cm³/mol. The molecule has 29 heavy (non-hydrogen) atoms. The third-order valence-corrected chi connectivity index (χ3v) is 6.71. The quantitative estimate of drug-likeness (QED) is 0.694. The van der Waals surface area contributed by atoms with E-state index in [9.17, 15) is 13.2 Å². The average Bonchev–Trinajstić information content (AvgIpc) is 3.18. The second-order valence-corrected chi connectivity index (χ2v) is 9.01. The molecule has 1 amide bonds. The summed E-state index contributed by atoms with van der Waals surface area (Å²) >= 11 is 0. The summed E-state index contributed by atoms with van der Waals surface area (Å²) in [5.41, 5.74) is 1.53. The molecule has 1 fully saturated rings. The van der Waals surface area contributed by atoms with Gasteiger partial charge in [-0.15, -0.1) is 0 Å². The van der Waals surface area contributed by atoms with E-state index >= 15 is 0 Å². The molecular formula is C21H23N3O4S. The zero-order chi connectivity index (χ0) is 20.4. The Hall–Kier alpha value is -2.71. The van der Waals surface area contributed by atoms with Crippen molar-refractivity contribution in [2.75, 3.05) is 13.1 Å². The van der Waals surface area contributed by atoms with Crippen LogP contribution >= 0.6 is 0 Å². The van der Waals surface area contributed by atoms with Crippen LogP contribution in [0, 0.1) is 0 Å². The van der Waals surface area contributed by atoms with E-state index in [1.807, 2.05) is 24.3 Å². The van der Waals surface area contributed by atoms with E-state index in [1.54, 1.807) is 30.0 Å². The van der Waals surface area contributed by atoms with Gasteiger partial charge in [0.15, 0.2) is 11.5 Å². The maximum atomic E-state index is 12.9. The number of nitrogens with one attached hydrogen (secondary N) is 1. The fourth-order valence-electron chi connectivity index (χ4n) is 3.67. The average molecular weight is 413 g/mol. The maximum Gasteiger partial charge on any atom is 0.241 e. The van der Waals surface area contributed by atoms with Crippen LogP contribution in [0.4, 0.5) is 0 Å². The van der Waals surface area contributed by atoms with E-state index in [-0.39, 0.29) is 16.7 Å². The first-order chi connectivity index (χ1) is 13.9. The number of rotatable bonds is 5. The fraction of sp³-hybridized carbons (Fsp3) is 0.333. The van der Waals surface area contributed by atoms with Gasteiger partial charge >= 0.3 is 0 Å². The molecule has 1 saturated heterocycles. The number of nitrogens with zero attached hydrogens (tertiary/aromatic N) is 2. The second-order valence-electron chi connectivity index (χ2n) is 7.30. The maximum absolute atomic E-state index is 12.9. The van der Waals surface area contributed by atoms with Crippen LogP contribution in [0.2, 0.25) is 0 Å². The van der Waals surface area contributed by atoms with Crippen LogP contribution in [0.25, 0.3) is 11.1 Å². The molecule has 0 bridgehead atoms. The Labute approximate surface area is 169 Å². The Kier molecular flexibility index (Phi) is 5.38. The highest BCUT2D eigenvalue weighted by Crippen LogP contribution is 2.29. The summed E-state index contributed by atoms with van der Waals surface area (Å²) in [6, 6.07) is 14.8. The van der Waals surface area contributed by atoms with Crippen molar-refractivity contribution < 1.29 is 17.6 Å². The van der Waals surface area contributed by atoms with Crippen molar-refractivity contribution in [1.29, 1.82) is 0 Å². The molecule has 2 heterocycles. The molecule has 1 aliphatic heterocycles. The van der Waals surface area contributed by atoms with Gasteiger partial charge in [-0.3, -0.25) is 4.79 Å². The number of oxazole rings is 1. The van der Waals surface area contributed by atoms with E-state index in [4.69, 9.17) is 4.42 Å². The molecule has 3 aromatic rings. The monoisotopic (exact) mass is 413 g/mol. The molecule has 0 spiro atoms. The Morgan fingerprint density at radius 3 is 2.66 bits per heavy atom. The number of fused-ring (bicyclic) bond motifs is 1. The third-order valence-electron chi connectivity index (χ3n) is 5.15. The van der Waals surface area contributed by atoms with Gasteiger partial charge in [-0.25, -0.2) is 13.4 Å². The van der Waals surface area contributed by atoms with Crippen LogP contribution in [0.1, 0.15) is 31.6 Å². The molecule has 4 rings (SSSR count). The van der Waals surface area contributed by atoms with E-state index in [1.165, 1.54) is 12.1 Å². The lowest BCUT2D eigenvalue weighted by Crippen LogP contribution is -2.49. The van der Waals surface area contributed by atoms with Crippen molar-refractivity contribution in [2.45, 2.75) is 36.6 Å². The van der Waals surface area contributed by atoms with E-state index in [0.717, 1.165) is 23.9 Å². The van der Waals surface area contributed by atoms with E-state index < -0.39 is 16.1 Å². The van der Waals surface area contributed by atoms with E-state index in [2.05, 4.69) is 9.71 Å². The number of amides is 1. The molecule has 2 atom stereocenters. The van der Waals surface area contributed by atoms with Crippen LogP contribution < -0.4 is 4.72 Å². The summed E-state index contributed by atoms with van der Waals surface area (Å²) in [7, 11) is -3.75. The minimum atomic E-state index is -3.75. The molecule has 7 nitrogen and oxygen atoms in total. The van der Waals surface area contributed by atoms with Crippen molar-refractivity contribution in [1.82, 2.24) is 14.6 Å². The number of aromatic nitrogens is 1. The first-order valence-electron chi connectivity index (χ1n) is 9.66. The number of carbonyl (C=O) groups excluding carboxylic acids is 1. The summed E-state index contributed by atoms with van der Waals surface area (Å²) in [6.07, 6.45) is 1.69. The van der Waals surface area contributed by atoms with E-state index in [0.29, 0.717) is 19.0 Å². The number of likely N-dealkylation sites (tertiary alicyclic amines) is 1. The molecule has 2 aromatic carbocycles. The van der Waals surface area contributed by atoms with Gasteiger partial charge in [-0.2, -0.15) is 4.72 Å². The van der Waals surface area contributed by atoms with Gasteiger partial charge in [0, 0.05) is 13.1 Å². The first-order valence-corrected chi connectivity index (χ1v) is 11.1. The third kappa shape index (κ3) is 4.18. The predicted octanol–water partition coefficient (Wildman–Crippen LogP) is 2.90.